The molecule has 2 aromatic carbocycles. The molecule has 0 saturated heterocycles. The van der Waals surface area contributed by atoms with E-state index in [0.29, 0.717) is 5.69 Å². The first-order valence-corrected chi connectivity index (χ1v) is 6.64. The van der Waals surface area contributed by atoms with Gasteiger partial charge >= 0.3 is 0 Å². The average molecular weight is 361 g/mol. The quantitative estimate of drug-likeness (QED) is 0.760. The molecule has 0 bridgehead atoms. The number of hydrogen-bond acceptors (Lipinski definition) is 1. The number of thiocarbonyl (C=S) groups is 1. The molecule has 0 aliphatic heterocycles. The zero-order valence-electron chi connectivity index (χ0n) is 9.88. The van der Waals surface area contributed by atoms with E-state index in [1.807, 2.05) is 0 Å². The second-order valence-corrected chi connectivity index (χ2v) is 5.09. The molecule has 2 nitrogen and oxygen atoms in total. The summed E-state index contributed by atoms with van der Waals surface area (Å²) in [4.78, 5) is 0. The van der Waals surface area contributed by atoms with E-state index in [2.05, 4.69) is 26.6 Å². The lowest BCUT2D eigenvalue weighted by atomic mass is 10.3. The van der Waals surface area contributed by atoms with E-state index in [1.54, 1.807) is 0 Å². The normalized spacial score (nSPS) is 10.2. The topological polar surface area (TPSA) is 24.1 Å². The zero-order valence-corrected chi connectivity index (χ0v) is 12.3. The molecule has 0 atom stereocenters. The molecule has 0 aromatic heterocycles. The first kappa shape index (κ1) is 14.8. The van der Waals surface area contributed by atoms with Crippen molar-refractivity contribution in [2.75, 3.05) is 10.6 Å². The molecule has 2 rings (SSSR count). The van der Waals surface area contributed by atoms with Gasteiger partial charge in [-0.15, -0.1) is 0 Å². The number of anilines is 2. The van der Waals surface area contributed by atoms with Gasteiger partial charge in [0.25, 0.3) is 0 Å². The van der Waals surface area contributed by atoms with Gasteiger partial charge in [-0.3, -0.25) is 0 Å². The van der Waals surface area contributed by atoms with E-state index in [4.69, 9.17) is 12.2 Å². The molecule has 0 spiro atoms. The highest BCUT2D eigenvalue weighted by Gasteiger charge is 2.11. The van der Waals surface area contributed by atoms with Gasteiger partial charge in [0.15, 0.2) is 10.9 Å². The Hall–Kier alpha value is -1.60. The van der Waals surface area contributed by atoms with Gasteiger partial charge in [0, 0.05) is 16.2 Å². The zero-order chi connectivity index (χ0) is 14.7. The lowest BCUT2D eigenvalue weighted by molar-refractivity contribution is 0.585. The number of rotatable bonds is 2. The van der Waals surface area contributed by atoms with E-state index < -0.39 is 11.6 Å². The van der Waals surface area contributed by atoms with Crippen molar-refractivity contribution in [1.29, 1.82) is 0 Å². The minimum Gasteiger partial charge on any atom is -0.332 e. The molecule has 0 aliphatic carbocycles. The van der Waals surface area contributed by atoms with Gasteiger partial charge < -0.3 is 10.6 Å². The molecule has 0 fully saturated rings. The maximum Gasteiger partial charge on any atom is 0.175 e. The highest BCUT2D eigenvalue weighted by Crippen LogP contribution is 2.27. The lowest BCUT2D eigenvalue weighted by Gasteiger charge is -2.12. The summed E-state index contributed by atoms with van der Waals surface area (Å²) in [7, 11) is 0. The number of nitrogens with one attached hydrogen (secondary N) is 2. The molecule has 0 aliphatic rings. The second kappa shape index (κ2) is 6.23. The van der Waals surface area contributed by atoms with Crippen molar-refractivity contribution in [2.45, 2.75) is 0 Å². The standard InChI is InChI=1S/C13H8BrF3N2S/c14-10-5-8(16)6-11(17)12(10)19-13(20)18-9-3-1-7(15)2-4-9/h1-6H,(H2,18,19,20). The maximum atomic E-state index is 13.6. The van der Waals surface area contributed by atoms with Crippen molar-refractivity contribution in [1.82, 2.24) is 0 Å². The van der Waals surface area contributed by atoms with Crippen LogP contribution in [0.5, 0.6) is 0 Å². The molecule has 0 amide bonds. The monoisotopic (exact) mass is 360 g/mol. The summed E-state index contributed by atoms with van der Waals surface area (Å²) in [5.41, 5.74) is 0.563. The first-order chi connectivity index (χ1) is 9.45. The third kappa shape index (κ3) is 3.71. The van der Waals surface area contributed by atoms with Crippen molar-refractivity contribution in [2.24, 2.45) is 0 Å². The molecule has 2 aromatic rings. The summed E-state index contributed by atoms with van der Waals surface area (Å²) >= 11 is 8.05. The van der Waals surface area contributed by atoms with Crippen molar-refractivity contribution < 1.29 is 13.2 Å². The van der Waals surface area contributed by atoms with Gasteiger partial charge in [0.2, 0.25) is 0 Å². The van der Waals surface area contributed by atoms with Gasteiger partial charge in [-0.05, 0) is 58.5 Å². The van der Waals surface area contributed by atoms with Crippen LogP contribution in [0.15, 0.2) is 40.9 Å². The molecule has 0 unspecified atom stereocenters. The molecule has 0 heterocycles. The lowest BCUT2D eigenvalue weighted by Crippen LogP contribution is -2.20. The van der Waals surface area contributed by atoms with Crippen LogP contribution in [0.25, 0.3) is 0 Å². The van der Waals surface area contributed by atoms with Crippen LogP contribution < -0.4 is 10.6 Å². The van der Waals surface area contributed by atoms with E-state index in [9.17, 15) is 13.2 Å². The van der Waals surface area contributed by atoms with Crippen LogP contribution in [0.2, 0.25) is 0 Å². The molecular weight excluding hydrogens is 353 g/mol. The fourth-order valence-electron chi connectivity index (χ4n) is 1.47. The Bertz CT molecular complexity index is 624. The number of halogens is 4. The highest BCUT2D eigenvalue weighted by molar-refractivity contribution is 9.10. The van der Waals surface area contributed by atoms with Crippen LogP contribution >= 0.6 is 28.1 Å². The van der Waals surface area contributed by atoms with E-state index in [1.165, 1.54) is 24.3 Å². The van der Waals surface area contributed by atoms with Crippen LogP contribution in [0.1, 0.15) is 0 Å². The first-order valence-electron chi connectivity index (χ1n) is 5.44. The van der Waals surface area contributed by atoms with Crippen molar-refractivity contribution >= 4 is 44.6 Å². The van der Waals surface area contributed by atoms with Gasteiger partial charge in [0.05, 0.1) is 5.69 Å². The smallest absolute Gasteiger partial charge is 0.175 e. The van der Waals surface area contributed by atoms with E-state index in [-0.39, 0.29) is 21.1 Å². The third-order valence-electron chi connectivity index (χ3n) is 2.35. The van der Waals surface area contributed by atoms with Gasteiger partial charge in [0.1, 0.15) is 11.6 Å². The Morgan fingerprint density at radius 3 is 2.20 bits per heavy atom. The van der Waals surface area contributed by atoms with Crippen LogP contribution in [0.3, 0.4) is 0 Å². The summed E-state index contributed by atoms with van der Waals surface area (Å²) in [6, 6.07) is 7.36. The fraction of sp³-hybridized carbons (Fsp3) is 0. The Kier molecular flexibility index (Phi) is 4.61. The molecular formula is C13H8BrF3N2S. The van der Waals surface area contributed by atoms with Crippen LogP contribution in [0.4, 0.5) is 24.5 Å². The SMILES string of the molecule is Fc1ccc(NC(=S)Nc2c(F)cc(F)cc2Br)cc1. The third-order valence-corrected chi connectivity index (χ3v) is 3.18. The minimum absolute atomic E-state index is 0.0195. The maximum absolute atomic E-state index is 13.6. The predicted octanol–water partition coefficient (Wildman–Crippen LogP) is 4.68. The van der Waals surface area contributed by atoms with E-state index in [0.717, 1.165) is 12.1 Å². The summed E-state index contributed by atoms with van der Waals surface area (Å²) in [6.07, 6.45) is 0. The van der Waals surface area contributed by atoms with E-state index >= 15 is 0 Å². The summed E-state index contributed by atoms with van der Waals surface area (Å²) in [6.45, 7) is 0. The average Bonchev–Trinajstić information content (AvgIpc) is 2.36. The van der Waals surface area contributed by atoms with Crippen molar-refractivity contribution in [3.8, 4) is 0 Å². The largest absolute Gasteiger partial charge is 0.332 e. The molecule has 20 heavy (non-hydrogen) atoms. The van der Waals surface area contributed by atoms with Crippen molar-refractivity contribution in [3.63, 3.8) is 0 Å². The van der Waals surface area contributed by atoms with Gasteiger partial charge in [-0.2, -0.15) is 0 Å². The summed E-state index contributed by atoms with van der Waals surface area (Å²) < 4.78 is 39.5. The Labute approximate surface area is 127 Å². The molecule has 0 saturated carbocycles. The van der Waals surface area contributed by atoms with Crippen molar-refractivity contribution in [3.05, 3.63) is 58.3 Å². The van der Waals surface area contributed by atoms with Crippen LogP contribution in [-0.2, 0) is 0 Å². The fourth-order valence-corrected chi connectivity index (χ4v) is 2.20. The van der Waals surface area contributed by atoms with Crippen LogP contribution in [0, 0.1) is 17.5 Å². The molecule has 0 radical (unpaired) electrons. The Morgan fingerprint density at radius 2 is 1.60 bits per heavy atom. The molecule has 104 valence electrons. The number of benzene rings is 2. The number of hydrogen-bond donors (Lipinski definition) is 2. The Morgan fingerprint density at radius 1 is 0.950 bits per heavy atom. The second-order valence-electron chi connectivity index (χ2n) is 3.83. The highest BCUT2D eigenvalue weighted by atomic mass is 79.9. The van der Waals surface area contributed by atoms with Crippen LogP contribution in [-0.4, -0.2) is 5.11 Å². The Balaban J connectivity index is 2.10. The van der Waals surface area contributed by atoms with Gasteiger partial charge in [-0.1, -0.05) is 0 Å². The van der Waals surface area contributed by atoms with Gasteiger partial charge in [-0.25, -0.2) is 13.2 Å². The summed E-state index contributed by atoms with van der Waals surface area (Å²) in [5, 5.41) is 5.47. The molecule has 7 heteroatoms. The minimum atomic E-state index is -0.778. The molecule has 2 N–H and O–H groups in total. The predicted molar refractivity (Wildman–Crippen MR) is 80.3 cm³/mol. The summed E-state index contributed by atoms with van der Waals surface area (Å²) in [5.74, 6) is -1.85.